The number of benzene rings is 1. The fraction of sp³-hybridized carbons (Fsp3) is 0.417. The van der Waals surface area contributed by atoms with E-state index in [1.54, 1.807) is 0 Å². The molecule has 1 heterocycles. The number of halogens is 1. The van der Waals surface area contributed by atoms with Crippen molar-refractivity contribution in [2.75, 3.05) is 0 Å². The fourth-order valence-electron chi connectivity index (χ4n) is 1.91. The van der Waals surface area contributed by atoms with Crippen LogP contribution in [-0.2, 0) is 6.54 Å². The van der Waals surface area contributed by atoms with Crippen molar-refractivity contribution in [1.29, 1.82) is 0 Å². The van der Waals surface area contributed by atoms with Gasteiger partial charge >= 0.3 is 0 Å². The first kappa shape index (κ1) is 11.7. The van der Waals surface area contributed by atoms with Crippen molar-refractivity contribution in [1.82, 2.24) is 9.55 Å². The number of unbranched alkanes of at least 4 members (excludes halogenated alkanes) is 2. The Morgan fingerprint density at radius 3 is 2.94 bits per heavy atom. The Balaban J connectivity index is 2.43. The monoisotopic (exact) mass is 254 g/mol. The van der Waals surface area contributed by atoms with Crippen LogP contribution in [0.25, 0.3) is 11.0 Å². The zero-order chi connectivity index (χ0) is 11.5. The van der Waals surface area contributed by atoms with Crippen molar-refractivity contribution < 1.29 is 0 Å². The molecule has 0 bridgehead atoms. The second-order valence-corrected chi connectivity index (χ2v) is 4.72. The van der Waals surface area contributed by atoms with Gasteiger partial charge in [0.05, 0.1) is 16.1 Å². The number of rotatable bonds is 4. The van der Waals surface area contributed by atoms with Gasteiger partial charge in [0.15, 0.2) is 4.77 Å². The lowest BCUT2D eigenvalue weighted by Crippen LogP contribution is -1.98. The molecule has 1 N–H and O–H groups in total. The topological polar surface area (TPSA) is 20.7 Å². The van der Waals surface area contributed by atoms with Gasteiger partial charge in [0.2, 0.25) is 0 Å². The van der Waals surface area contributed by atoms with E-state index in [0.717, 1.165) is 33.8 Å². The number of fused-ring (bicyclic) bond motifs is 1. The highest BCUT2D eigenvalue weighted by atomic mass is 35.5. The average molecular weight is 255 g/mol. The Bertz CT molecular complexity index is 541. The number of hydrogen-bond donors (Lipinski definition) is 1. The first-order chi connectivity index (χ1) is 7.74. The van der Waals surface area contributed by atoms with E-state index in [-0.39, 0.29) is 0 Å². The molecule has 1 aromatic heterocycles. The second-order valence-electron chi connectivity index (χ2n) is 3.92. The third kappa shape index (κ3) is 2.15. The zero-order valence-corrected chi connectivity index (χ0v) is 10.9. The number of nitrogens with zero attached hydrogens (tertiary/aromatic N) is 1. The lowest BCUT2D eigenvalue weighted by atomic mass is 10.2. The van der Waals surface area contributed by atoms with Crippen molar-refractivity contribution in [2.45, 2.75) is 32.7 Å². The third-order valence-corrected chi connectivity index (χ3v) is 3.36. The highest BCUT2D eigenvalue weighted by Crippen LogP contribution is 2.23. The normalized spacial score (nSPS) is 11.1. The van der Waals surface area contributed by atoms with Crippen LogP contribution in [0.2, 0.25) is 5.02 Å². The SMILES string of the molecule is CCCCCn1c(=S)[nH]c2cccc(Cl)c21. The lowest BCUT2D eigenvalue weighted by molar-refractivity contribution is 0.608. The first-order valence-electron chi connectivity index (χ1n) is 5.61. The molecule has 2 rings (SSSR count). The molecule has 0 unspecified atom stereocenters. The van der Waals surface area contributed by atoms with Crippen LogP contribution in [-0.4, -0.2) is 9.55 Å². The van der Waals surface area contributed by atoms with Gasteiger partial charge < -0.3 is 9.55 Å². The molecule has 0 aliphatic carbocycles. The Kier molecular flexibility index (Phi) is 3.66. The molecule has 4 heteroatoms. The van der Waals surface area contributed by atoms with Crippen LogP contribution in [0, 0.1) is 4.77 Å². The molecular weight excluding hydrogens is 240 g/mol. The Labute approximate surface area is 105 Å². The van der Waals surface area contributed by atoms with Gasteiger partial charge in [-0.15, -0.1) is 0 Å². The summed E-state index contributed by atoms with van der Waals surface area (Å²) in [5.74, 6) is 0. The summed E-state index contributed by atoms with van der Waals surface area (Å²) >= 11 is 11.5. The molecule has 16 heavy (non-hydrogen) atoms. The minimum atomic E-state index is 0.763. The summed E-state index contributed by atoms with van der Waals surface area (Å²) in [4.78, 5) is 3.19. The highest BCUT2D eigenvalue weighted by Gasteiger charge is 2.06. The molecule has 0 spiro atoms. The zero-order valence-electron chi connectivity index (χ0n) is 9.29. The summed E-state index contributed by atoms with van der Waals surface area (Å²) < 4.78 is 2.86. The number of aromatic amines is 1. The minimum absolute atomic E-state index is 0.763. The largest absolute Gasteiger partial charge is 0.331 e. The minimum Gasteiger partial charge on any atom is -0.331 e. The predicted octanol–water partition coefficient (Wildman–Crippen LogP) is 4.54. The average Bonchev–Trinajstić information content (AvgIpc) is 2.57. The molecule has 2 aromatic rings. The van der Waals surface area contributed by atoms with Gasteiger partial charge in [0.25, 0.3) is 0 Å². The summed E-state index contributed by atoms with van der Waals surface area (Å²) in [6.45, 7) is 3.14. The maximum absolute atomic E-state index is 6.20. The van der Waals surface area contributed by atoms with Gasteiger partial charge in [-0.05, 0) is 30.8 Å². The summed E-state index contributed by atoms with van der Waals surface area (Å²) in [6, 6.07) is 5.85. The Morgan fingerprint density at radius 2 is 2.19 bits per heavy atom. The fourth-order valence-corrected chi connectivity index (χ4v) is 2.48. The number of aryl methyl sites for hydroxylation is 1. The standard InChI is InChI=1S/C12H15ClN2S/c1-2-3-4-8-15-11-9(13)6-5-7-10(11)14-12(15)16/h5-7H,2-4,8H2,1H3,(H,14,16). The molecule has 0 amide bonds. The molecule has 0 saturated heterocycles. The van der Waals surface area contributed by atoms with Crippen LogP contribution in [0.1, 0.15) is 26.2 Å². The molecule has 0 aliphatic rings. The highest BCUT2D eigenvalue weighted by molar-refractivity contribution is 7.71. The van der Waals surface area contributed by atoms with E-state index in [4.69, 9.17) is 23.8 Å². The molecule has 1 aromatic carbocycles. The van der Waals surface area contributed by atoms with Crippen molar-refractivity contribution in [2.24, 2.45) is 0 Å². The van der Waals surface area contributed by atoms with Crippen molar-refractivity contribution in [3.8, 4) is 0 Å². The Morgan fingerprint density at radius 1 is 1.38 bits per heavy atom. The van der Waals surface area contributed by atoms with Crippen LogP contribution in [0.5, 0.6) is 0 Å². The Hall–Kier alpha value is -0.800. The maximum atomic E-state index is 6.20. The number of nitrogens with one attached hydrogen (secondary N) is 1. The van der Waals surface area contributed by atoms with Crippen molar-refractivity contribution in [3.63, 3.8) is 0 Å². The molecule has 0 aliphatic heterocycles. The number of para-hydroxylation sites is 1. The molecule has 0 fully saturated rings. The van der Waals surface area contributed by atoms with Crippen molar-refractivity contribution >= 4 is 34.9 Å². The number of aromatic nitrogens is 2. The molecule has 2 nitrogen and oxygen atoms in total. The van der Waals surface area contributed by atoms with Crippen LogP contribution < -0.4 is 0 Å². The van der Waals surface area contributed by atoms with Gasteiger partial charge in [0, 0.05) is 6.54 Å². The van der Waals surface area contributed by atoms with Gasteiger partial charge in [-0.25, -0.2) is 0 Å². The van der Waals surface area contributed by atoms with E-state index in [1.165, 1.54) is 12.8 Å². The predicted molar refractivity (Wildman–Crippen MR) is 71.7 cm³/mol. The van der Waals surface area contributed by atoms with E-state index < -0.39 is 0 Å². The van der Waals surface area contributed by atoms with Crippen LogP contribution in [0.4, 0.5) is 0 Å². The molecular formula is C12H15ClN2S. The summed E-state index contributed by atoms with van der Waals surface area (Å²) in [7, 11) is 0. The maximum Gasteiger partial charge on any atom is 0.178 e. The van der Waals surface area contributed by atoms with E-state index in [1.807, 2.05) is 18.2 Å². The van der Waals surface area contributed by atoms with Gasteiger partial charge in [-0.3, -0.25) is 0 Å². The lowest BCUT2D eigenvalue weighted by Gasteiger charge is -2.04. The summed E-state index contributed by atoms with van der Waals surface area (Å²) in [5, 5.41) is 0.765. The van der Waals surface area contributed by atoms with Gasteiger partial charge in [0.1, 0.15) is 0 Å². The van der Waals surface area contributed by atoms with Gasteiger partial charge in [-0.1, -0.05) is 37.4 Å². The van der Waals surface area contributed by atoms with Crippen molar-refractivity contribution in [3.05, 3.63) is 28.0 Å². The quantitative estimate of drug-likeness (QED) is 0.627. The van der Waals surface area contributed by atoms with Crippen LogP contribution in [0.3, 0.4) is 0 Å². The van der Waals surface area contributed by atoms with E-state index >= 15 is 0 Å². The molecule has 0 radical (unpaired) electrons. The first-order valence-corrected chi connectivity index (χ1v) is 6.39. The number of imidazole rings is 1. The molecule has 0 atom stereocenters. The molecule has 86 valence electrons. The third-order valence-electron chi connectivity index (χ3n) is 2.73. The molecule has 0 saturated carbocycles. The smallest absolute Gasteiger partial charge is 0.178 e. The second kappa shape index (κ2) is 5.02. The summed E-state index contributed by atoms with van der Waals surface area (Å²) in [5.41, 5.74) is 2.05. The van der Waals surface area contributed by atoms with E-state index in [9.17, 15) is 0 Å². The number of hydrogen-bond acceptors (Lipinski definition) is 1. The van der Waals surface area contributed by atoms with E-state index in [2.05, 4.69) is 16.5 Å². The number of H-pyrrole nitrogens is 1. The summed E-state index contributed by atoms with van der Waals surface area (Å²) in [6.07, 6.45) is 3.57. The van der Waals surface area contributed by atoms with Crippen LogP contribution >= 0.6 is 23.8 Å². The van der Waals surface area contributed by atoms with E-state index in [0.29, 0.717) is 0 Å². The van der Waals surface area contributed by atoms with Gasteiger partial charge in [-0.2, -0.15) is 0 Å². The van der Waals surface area contributed by atoms with Crippen LogP contribution in [0.15, 0.2) is 18.2 Å².